The highest BCUT2D eigenvalue weighted by molar-refractivity contribution is 7.98. The molecule has 2 aromatic rings. The number of rotatable bonds is 6. The Kier molecular flexibility index (Phi) is 7.27. The van der Waals surface area contributed by atoms with E-state index in [0.717, 1.165) is 16.0 Å². The Labute approximate surface area is 185 Å². The summed E-state index contributed by atoms with van der Waals surface area (Å²) >= 11 is 1.62. The largest absolute Gasteiger partial charge is 0.349 e. The molecule has 4 nitrogen and oxygen atoms in total. The van der Waals surface area contributed by atoms with E-state index in [9.17, 15) is 4.79 Å². The third-order valence-electron chi connectivity index (χ3n) is 5.96. The van der Waals surface area contributed by atoms with Crippen LogP contribution in [-0.4, -0.2) is 47.1 Å². The number of likely N-dealkylation sites (N-methyl/N-ethyl adjacent to an activating group) is 1. The van der Waals surface area contributed by atoms with Gasteiger partial charge in [-0.3, -0.25) is 9.69 Å². The molecule has 0 unspecified atom stereocenters. The molecule has 30 heavy (non-hydrogen) atoms. The summed E-state index contributed by atoms with van der Waals surface area (Å²) in [6.07, 6.45) is 1.73. The maximum absolute atomic E-state index is 13.8. The molecule has 5 heteroatoms. The topological polar surface area (TPSA) is 32.8 Å². The fraction of sp³-hybridized carbons (Fsp3) is 0.480. The van der Waals surface area contributed by atoms with Gasteiger partial charge in [0.1, 0.15) is 12.3 Å². The molecular formula is C25H34N2O2S. The Morgan fingerprint density at radius 2 is 1.67 bits per heavy atom. The predicted molar refractivity (Wildman–Crippen MR) is 125 cm³/mol. The lowest BCUT2D eigenvalue weighted by Gasteiger charge is -2.33. The van der Waals surface area contributed by atoms with Gasteiger partial charge in [-0.05, 0) is 59.6 Å². The van der Waals surface area contributed by atoms with Crippen molar-refractivity contribution in [3.63, 3.8) is 0 Å². The minimum absolute atomic E-state index is 0.0339. The van der Waals surface area contributed by atoms with Gasteiger partial charge in [0.05, 0.1) is 5.56 Å². The number of hydrogen-bond donors (Lipinski definition) is 0. The molecule has 0 N–H and O–H groups in total. The monoisotopic (exact) mass is 426 g/mol. The number of benzene rings is 2. The molecule has 1 aliphatic heterocycles. The van der Waals surface area contributed by atoms with E-state index in [2.05, 4.69) is 58.7 Å². The molecule has 2 aromatic carbocycles. The highest BCUT2D eigenvalue weighted by Crippen LogP contribution is 2.43. The van der Waals surface area contributed by atoms with Crippen LogP contribution in [0.2, 0.25) is 0 Å². The lowest BCUT2D eigenvalue weighted by molar-refractivity contribution is 0.00435. The smallest absolute Gasteiger partial charge is 0.255 e. The first-order valence-corrected chi connectivity index (χ1v) is 11.9. The fourth-order valence-corrected chi connectivity index (χ4v) is 5.04. The van der Waals surface area contributed by atoms with E-state index < -0.39 is 0 Å². The van der Waals surface area contributed by atoms with E-state index in [-0.39, 0.29) is 36.4 Å². The van der Waals surface area contributed by atoms with Crippen LogP contribution in [0.3, 0.4) is 0 Å². The summed E-state index contributed by atoms with van der Waals surface area (Å²) in [5.41, 5.74) is 2.88. The average Bonchev–Trinajstić information content (AvgIpc) is 3.02. The lowest BCUT2D eigenvalue weighted by Crippen LogP contribution is -2.43. The number of carbonyl (C=O) groups is 1. The highest BCUT2D eigenvalue weighted by atomic mass is 32.2. The van der Waals surface area contributed by atoms with Gasteiger partial charge in [0.15, 0.2) is 0 Å². The summed E-state index contributed by atoms with van der Waals surface area (Å²) in [6.45, 7) is 10.5. The normalized spacial score (nSPS) is 22.1. The molecule has 0 radical (unpaired) electrons. The molecule has 0 saturated carbocycles. The second kappa shape index (κ2) is 9.54. The zero-order valence-electron chi connectivity index (χ0n) is 19.1. The van der Waals surface area contributed by atoms with Gasteiger partial charge in [-0.1, -0.05) is 42.5 Å². The summed E-state index contributed by atoms with van der Waals surface area (Å²) < 4.78 is 6.60. The highest BCUT2D eigenvalue weighted by Gasteiger charge is 2.41. The summed E-state index contributed by atoms with van der Waals surface area (Å²) in [7, 11) is 2.08. The zero-order chi connectivity index (χ0) is 22.0. The van der Waals surface area contributed by atoms with Crippen molar-refractivity contribution in [3.05, 3.63) is 65.2 Å². The summed E-state index contributed by atoms with van der Waals surface area (Å²) in [4.78, 5) is 19.0. The number of carbonyl (C=O) groups excluding carboxylic acids is 1. The number of thioether (sulfide) groups is 1. The van der Waals surface area contributed by atoms with Crippen molar-refractivity contribution in [3.8, 4) is 0 Å². The molecule has 1 fully saturated rings. The first-order chi connectivity index (χ1) is 14.3. The van der Waals surface area contributed by atoms with Gasteiger partial charge < -0.3 is 9.64 Å². The second-order valence-corrected chi connectivity index (χ2v) is 9.40. The Morgan fingerprint density at radius 1 is 1.03 bits per heavy atom. The molecular weight excluding hydrogens is 392 g/mol. The van der Waals surface area contributed by atoms with E-state index in [1.165, 1.54) is 5.56 Å². The van der Waals surface area contributed by atoms with Gasteiger partial charge in [0.2, 0.25) is 0 Å². The van der Waals surface area contributed by atoms with Crippen molar-refractivity contribution in [1.29, 1.82) is 0 Å². The van der Waals surface area contributed by atoms with Crippen LogP contribution in [0.25, 0.3) is 0 Å². The Bertz CT molecular complexity index is 861. The molecule has 0 bridgehead atoms. The van der Waals surface area contributed by atoms with Crippen LogP contribution in [0, 0.1) is 0 Å². The summed E-state index contributed by atoms with van der Waals surface area (Å²) in [5.74, 6) is 0.0766. The van der Waals surface area contributed by atoms with Crippen LogP contribution < -0.4 is 0 Å². The molecule has 1 aliphatic rings. The Hall–Kier alpha value is -1.82. The van der Waals surface area contributed by atoms with Crippen molar-refractivity contribution in [1.82, 2.24) is 9.80 Å². The third kappa shape index (κ3) is 4.29. The Morgan fingerprint density at radius 3 is 2.23 bits per heavy atom. The van der Waals surface area contributed by atoms with E-state index in [4.69, 9.17) is 4.74 Å². The molecule has 162 valence electrons. The van der Waals surface area contributed by atoms with Gasteiger partial charge in [-0.15, -0.1) is 11.8 Å². The van der Waals surface area contributed by atoms with E-state index in [0.29, 0.717) is 0 Å². The molecule has 1 amide bonds. The fourth-order valence-electron chi connectivity index (χ4n) is 4.42. The minimum Gasteiger partial charge on any atom is -0.349 e. The van der Waals surface area contributed by atoms with E-state index >= 15 is 0 Å². The van der Waals surface area contributed by atoms with E-state index in [1.807, 2.05) is 47.6 Å². The Balaban J connectivity index is 2.05. The van der Waals surface area contributed by atoms with Crippen LogP contribution in [0.5, 0.6) is 0 Å². The molecule has 0 aliphatic carbocycles. The molecule has 0 aromatic heterocycles. The van der Waals surface area contributed by atoms with Crippen LogP contribution >= 0.6 is 11.8 Å². The summed E-state index contributed by atoms with van der Waals surface area (Å²) in [5, 5.41) is 0. The van der Waals surface area contributed by atoms with Crippen molar-refractivity contribution in [2.75, 3.05) is 13.3 Å². The van der Waals surface area contributed by atoms with Gasteiger partial charge in [-0.25, -0.2) is 0 Å². The number of ether oxygens (including phenoxy) is 1. The van der Waals surface area contributed by atoms with Crippen molar-refractivity contribution in [2.45, 2.75) is 70.0 Å². The maximum Gasteiger partial charge on any atom is 0.255 e. The maximum atomic E-state index is 13.8. The molecule has 3 rings (SSSR count). The lowest BCUT2D eigenvalue weighted by atomic mass is 10.0. The number of hydrogen-bond acceptors (Lipinski definition) is 4. The second-order valence-electron chi connectivity index (χ2n) is 8.55. The minimum atomic E-state index is -0.266. The first-order valence-electron chi connectivity index (χ1n) is 10.7. The van der Waals surface area contributed by atoms with Gasteiger partial charge in [-0.2, -0.15) is 0 Å². The number of amides is 1. The predicted octanol–water partition coefficient (Wildman–Crippen LogP) is 5.76. The van der Waals surface area contributed by atoms with Crippen LogP contribution in [0.4, 0.5) is 0 Å². The SMILES string of the molecule is CSc1cccc([C@@H]2O[C@H](c3ccccc3)[C@H](C)N2C)c1C(=O)N(C(C)C)C(C)C. The standard InChI is InChI=1S/C25H34N2O2S/c1-16(2)27(17(3)4)24(28)22-20(14-11-15-21(22)30-7)25-26(6)18(5)23(29-25)19-12-9-8-10-13-19/h8-18,23,25H,1-7H3/t18-,23-,25-/m0/s1. The van der Waals surface area contributed by atoms with Gasteiger partial charge >= 0.3 is 0 Å². The van der Waals surface area contributed by atoms with Crippen molar-refractivity contribution < 1.29 is 9.53 Å². The zero-order valence-corrected chi connectivity index (χ0v) is 19.9. The molecule has 3 atom stereocenters. The number of nitrogens with zero attached hydrogens (tertiary/aromatic N) is 2. The molecule has 0 spiro atoms. The molecule has 1 saturated heterocycles. The summed E-state index contributed by atoms with van der Waals surface area (Å²) in [6, 6.07) is 16.9. The first kappa shape index (κ1) is 22.9. The average molecular weight is 427 g/mol. The van der Waals surface area contributed by atoms with Gasteiger partial charge in [0, 0.05) is 28.6 Å². The van der Waals surface area contributed by atoms with Gasteiger partial charge in [0.25, 0.3) is 5.91 Å². The molecule has 1 heterocycles. The quantitative estimate of drug-likeness (QED) is 0.550. The van der Waals surface area contributed by atoms with Crippen LogP contribution in [-0.2, 0) is 4.74 Å². The van der Waals surface area contributed by atoms with Crippen molar-refractivity contribution in [2.24, 2.45) is 0 Å². The van der Waals surface area contributed by atoms with Crippen molar-refractivity contribution >= 4 is 17.7 Å². The third-order valence-corrected chi connectivity index (χ3v) is 6.74. The van der Waals surface area contributed by atoms with Crippen LogP contribution in [0.15, 0.2) is 53.4 Å². The van der Waals surface area contributed by atoms with E-state index in [1.54, 1.807) is 11.8 Å². The van der Waals surface area contributed by atoms with Crippen LogP contribution in [0.1, 0.15) is 68.4 Å².